The van der Waals surface area contributed by atoms with Crippen molar-refractivity contribution in [2.45, 2.75) is 19.3 Å². The van der Waals surface area contributed by atoms with Crippen LogP contribution in [0.4, 0.5) is 0 Å². The van der Waals surface area contributed by atoms with Crippen LogP contribution in [0.2, 0.25) is 0 Å². The van der Waals surface area contributed by atoms with E-state index in [-0.39, 0.29) is 5.41 Å². The predicted molar refractivity (Wildman–Crippen MR) is 267 cm³/mol. The molecule has 0 unspecified atom stereocenters. The molecule has 0 saturated carbocycles. The minimum Gasteiger partial charge on any atom is -0.254 e. The molecule has 0 fully saturated rings. The number of benzene rings is 7. The highest BCUT2D eigenvalue weighted by Crippen LogP contribution is 2.51. The Kier molecular flexibility index (Phi) is 7.36. The van der Waals surface area contributed by atoms with Crippen molar-refractivity contribution in [3.63, 3.8) is 0 Å². The van der Waals surface area contributed by atoms with Crippen molar-refractivity contribution >= 4 is 87.0 Å². The van der Waals surface area contributed by atoms with Gasteiger partial charge in [0.25, 0.3) is 0 Å². The lowest BCUT2D eigenvalue weighted by atomic mass is 9.84. The summed E-state index contributed by atoms with van der Waals surface area (Å²) in [6.45, 7) is 4.60. The summed E-state index contributed by atoms with van der Waals surface area (Å²) in [7, 11) is 0. The Morgan fingerprint density at radius 2 is 0.892 bits per heavy atom. The van der Waals surface area contributed by atoms with Crippen molar-refractivity contribution in [2.24, 2.45) is 0 Å². The first-order chi connectivity index (χ1) is 32.0. The van der Waals surface area contributed by atoms with Gasteiger partial charge in [-0.15, -0.1) is 0 Å². The van der Waals surface area contributed by atoms with Gasteiger partial charge in [0.05, 0.1) is 50.2 Å². The van der Waals surface area contributed by atoms with Gasteiger partial charge in [0.1, 0.15) is 0 Å². The molecule has 1 aliphatic carbocycles. The maximum absolute atomic E-state index is 5.60. The number of fused-ring (bicyclic) bond motifs is 18. The molecule has 302 valence electrons. The molecule has 65 heavy (non-hydrogen) atoms. The number of aromatic nitrogens is 6. The molecule has 6 heteroatoms. The highest BCUT2D eigenvalue weighted by Gasteiger charge is 2.38. The molecule has 6 heterocycles. The molecule has 0 N–H and O–H groups in total. The molecule has 0 saturated heterocycles. The first-order valence-electron chi connectivity index (χ1n) is 22.1. The zero-order chi connectivity index (χ0) is 43.0. The standard InChI is InChI=1S/C59H36N6/c1-59(2)49-30-37(33-15-17-34(18-16-33)50-25-22-36-20-19-35-9-7-27-60-52(35)53(36)63-50)21-23-43(49)48-31-47-42-13-6-5-12-41(42)46-29-38(32-62-55(46)57(47)65-58(48)59)51-26-24-45-40-11-4-3-10-39(40)44-14-8-28-61-54(44)56(45)64-51/h3-32H,1-2H3. The summed E-state index contributed by atoms with van der Waals surface area (Å²) in [5.41, 5.74) is 16.0. The quantitative estimate of drug-likeness (QED) is 0.165. The topological polar surface area (TPSA) is 77.3 Å². The molecule has 0 aliphatic heterocycles. The Morgan fingerprint density at radius 1 is 0.338 bits per heavy atom. The van der Waals surface area contributed by atoms with Crippen molar-refractivity contribution in [3.8, 4) is 44.8 Å². The van der Waals surface area contributed by atoms with E-state index in [1.807, 2.05) is 30.7 Å². The summed E-state index contributed by atoms with van der Waals surface area (Å²) in [6.07, 6.45) is 5.65. The summed E-state index contributed by atoms with van der Waals surface area (Å²) < 4.78 is 0. The minimum atomic E-state index is -0.339. The SMILES string of the molecule is CC1(C)c2cc(-c3ccc(-c4ccc5ccc6cccnc6c5n4)cc3)ccc2-c2cc3c4ccccc4c4cc(-c5ccc6c7ccccc7c7cccnc7c6n5)cnc4c3nc21. The lowest BCUT2D eigenvalue weighted by molar-refractivity contribution is 0.640. The van der Waals surface area contributed by atoms with E-state index < -0.39 is 0 Å². The third-order valence-corrected chi connectivity index (χ3v) is 13.9. The van der Waals surface area contributed by atoms with Gasteiger partial charge in [0, 0.05) is 73.0 Å². The molecule has 14 rings (SSSR count). The zero-order valence-electron chi connectivity index (χ0n) is 35.5. The van der Waals surface area contributed by atoms with Crippen LogP contribution in [0.5, 0.6) is 0 Å². The number of hydrogen-bond acceptors (Lipinski definition) is 6. The van der Waals surface area contributed by atoms with E-state index in [1.165, 1.54) is 33.0 Å². The fourth-order valence-corrected chi connectivity index (χ4v) is 10.6. The van der Waals surface area contributed by atoms with E-state index in [0.29, 0.717) is 0 Å². The van der Waals surface area contributed by atoms with Gasteiger partial charge in [0.2, 0.25) is 0 Å². The molecule has 13 aromatic rings. The smallest absolute Gasteiger partial charge is 0.0978 e. The van der Waals surface area contributed by atoms with Gasteiger partial charge in [-0.1, -0.05) is 129 Å². The van der Waals surface area contributed by atoms with Gasteiger partial charge < -0.3 is 0 Å². The van der Waals surface area contributed by atoms with Gasteiger partial charge in [-0.05, 0) is 92.3 Å². The third-order valence-electron chi connectivity index (χ3n) is 13.9. The first kappa shape index (κ1) is 36.0. The Morgan fingerprint density at radius 3 is 1.68 bits per heavy atom. The van der Waals surface area contributed by atoms with Crippen LogP contribution >= 0.6 is 0 Å². The zero-order valence-corrected chi connectivity index (χ0v) is 35.5. The van der Waals surface area contributed by atoms with Crippen molar-refractivity contribution in [3.05, 3.63) is 194 Å². The van der Waals surface area contributed by atoms with Crippen LogP contribution in [-0.4, -0.2) is 29.9 Å². The van der Waals surface area contributed by atoms with Crippen LogP contribution < -0.4 is 0 Å². The van der Waals surface area contributed by atoms with Crippen LogP contribution in [0.3, 0.4) is 0 Å². The van der Waals surface area contributed by atoms with Crippen LogP contribution in [0.15, 0.2) is 182 Å². The second kappa shape index (κ2) is 13.3. The van der Waals surface area contributed by atoms with Gasteiger partial charge >= 0.3 is 0 Å². The van der Waals surface area contributed by atoms with Gasteiger partial charge in [0.15, 0.2) is 0 Å². The molecule has 0 spiro atoms. The van der Waals surface area contributed by atoms with Crippen LogP contribution in [0, 0.1) is 0 Å². The van der Waals surface area contributed by atoms with E-state index in [0.717, 1.165) is 110 Å². The average molecular weight is 829 g/mol. The van der Waals surface area contributed by atoms with Crippen molar-refractivity contribution in [2.75, 3.05) is 0 Å². The molecule has 0 amide bonds. The summed E-state index contributed by atoms with van der Waals surface area (Å²) >= 11 is 0. The van der Waals surface area contributed by atoms with E-state index in [2.05, 4.69) is 170 Å². The Labute approximate surface area is 373 Å². The van der Waals surface area contributed by atoms with Crippen molar-refractivity contribution < 1.29 is 0 Å². The lowest BCUT2D eigenvalue weighted by Gasteiger charge is -2.21. The monoisotopic (exact) mass is 828 g/mol. The molecule has 0 radical (unpaired) electrons. The summed E-state index contributed by atoms with van der Waals surface area (Å²) in [4.78, 5) is 30.7. The van der Waals surface area contributed by atoms with Gasteiger partial charge in [-0.25, -0.2) is 15.0 Å². The Balaban J connectivity index is 0.863. The molecule has 1 aliphatic rings. The molecule has 7 aromatic carbocycles. The first-order valence-corrected chi connectivity index (χ1v) is 22.1. The van der Waals surface area contributed by atoms with Crippen molar-refractivity contribution in [1.29, 1.82) is 0 Å². The van der Waals surface area contributed by atoms with Crippen LogP contribution in [0.1, 0.15) is 25.1 Å². The number of pyridine rings is 6. The normalized spacial score (nSPS) is 13.2. The molecule has 6 nitrogen and oxygen atoms in total. The second-order valence-electron chi connectivity index (χ2n) is 17.9. The molecular weight excluding hydrogens is 793 g/mol. The van der Waals surface area contributed by atoms with E-state index in [9.17, 15) is 0 Å². The summed E-state index contributed by atoms with van der Waals surface area (Å²) in [5, 5.41) is 11.2. The maximum atomic E-state index is 5.60. The maximum Gasteiger partial charge on any atom is 0.0978 e. The fourth-order valence-electron chi connectivity index (χ4n) is 10.6. The number of nitrogens with zero attached hydrogens (tertiary/aromatic N) is 6. The third kappa shape index (κ3) is 5.22. The van der Waals surface area contributed by atoms with E-state index in [4.69, 9.17) is 24.9 Å². The van der Waals surface area contributed by atoms with Crippen LogP contribution in [0.25, 0.3) is 132 Å². The summed E-state index contributed by atoms with van der Waals surface area (Å²) in [5.74, 6) is 0. The highest BCUT2D eigenvalue weighted by molar-refractivity contribution is 6.25. The van der Waals surface area contributed by atoms with E-state index in [1.54, 1.807) is 0 Å². The largest absolute Gasteiger partial charge is 0.254 e. The number of hydrogen-bond donors (Lipinski definition) is 0. The van der Waals surface area contributed by atoms with E-state index >= 15 is 0 Å². The number of rotatable bonds is 3. The Bertz CT molecular complexity index is 4180. The lowest BCUT2D eigenvalue weighted by Crippen LogP contribution is -2.17. The second-order valence-corrected chi connectivity index (χ2v) is 17.9. The van der Waals surface area contributed by atoms with Gasteiger partial charge in [-0.2, -0.15) is 0 Å². The minimum absolute atomic E-state index is 0.339. The molecule has 0 bridgehead atoms. The molecular formula is C59H36N6. The van der Waals surface area contributed by atoms with Crippen LogP contribution in [-0.2, 0) is 5.41 Å². The van der Waals surface area contributed by atoms with Gasteiger partial charge in [-0.3, -0.25) is 15.0 Å². The predicted octanol–water partition coefficient (Wildman–Crippen LogP) is 14.6. The average Bonchev–Trinajstić information content (AvgIpc) is 3.59. The summed E-state index contributed by atoms with van der Waals surface area (Å²) in [6, 6.07) is 58.4. The molecule has 6 aromatic heterocycles. The Hall–Kier alpha value is -8.48. The molecule has 0 atom stereocenters. The fraction of sp³-hybridized carbons (Fsp3) is 0.0508. The highest BCUT2D eigenvalue weighted by atomic mass is 14.8. The van der Waals surface area contributed by atoms with Crippen molar-refractivity contribution in [1.82, 2.24) is 29.9 Å².